The maximum atomic E-state index is 15.2. The number of hydrogen-bond donors (Lipinski definition) is 4. The van der Waals surface area contributed by atoms with Gasteiger partial charge in [-0.2, -0.15) is 0 Å². The zero-order chi connectivity index (χ0) is 29.6. The van der Waals surface area contributed by atoms with Crippen molar-refractivity contribution in [3.05, 3.63) is 42.1 Å². The number of primary amides is 1. The zero-order valence-electron chi connectivity index (χ0n) is 23.7. The van der Waals surface area contributed by atoms with Crippen LogP contribution in [0.1, 0.15) is 58.3 Å². The van der Waals surface area contributed by atoms with Crippen molar-refractivity contribution in [2.75, 3.05) is 17.7 Å². The number of nitrogens with one attached hydrogen (secondary N) is 3. The van der Waals surface area contributed by atoms with Gasteiger partial charge >= 0.3 is 6.09 Å². The summed E-state index contributed by atoms with van der Waals surface area (Å²) in [5.74, 6) is -1.31. The van der Waals surface area contributed by atoms with Gasteiger partial charge < -0.3 is 31.2 Å². The third-order valence-corrected chi connectivity index (χ3v) is 5.59. The molecule has 0 aliphatic heterocycles. The van der Waals surface area contributed by atoms with E-state index in [2.05, 4.69) is 36.2 Å². The van der Waals surface area contributed by atoms with E-state index in [0.29, 0.717) is 17.8 Å². The van der Waals surface area contributed by atoms with Crippen LogP contribution in [-0.2, 0) is 4.74 Å². The molecule has 0 aliphatic rings. The number of methoxy groups -OCH3 is 1. The number of rotatable bonds is 11. The molecule has 40 heavy (non-hydrogen) atoms. The molecule has 14 heteroatoms. The Morgan fingerprint density at radius 3 is 2.48 bits per heavy atom. The Hall–Kier alpha value is -4.49. The van der Waals surface area contributed by atoms with Gasteiger partial charge in [0.05, 0.1) is 37.0 Å². The van der Waals surface area contributed by atoms with Crippen LogP contribution in [0.2, 0.25) is 0 Å². The van der Waals surface area contributed by atoms with E-state index in [1.54, 1.807) is 40.0 Å². The summed E-state index contributed by atoms with van der Waals surface area (Å²) in [5, 5.41) is 16.6. The lowest BCUT2D eigenvalue weighted by molar-refractivity contribution is 0.0501. The first-order valence-electron chi connectivity index (χ1n) is 12.7. The Bertz CT molecular complexity index is 1330. The van der Waals surface area contributed by atoms with Gasteiger partial charge in [0, 0.05) is 12.1 Å². The molecular weight excluding hydrogens is 521 g/mol. The van der Waals surface area contributed by atoms with Gasteiger partial charge in [0.25, 0.3) is 5.91 Å². The van der Waals surface area contributed by atoms with Crippen LogP contribution in [0.4, 0.5) is 26.5 Å². The molecule has 2 amide bonds. The number of pyridine rings is 2. The first-order chi connectivity index (χ1) is 18.8. The van der Waals surface area contributed by atoms with E-state index < -0.39 is 35.5 Å². The molecule has 0 spiro atoms. The molecule has 0 saturated carbocycles. The second-order valence-corrected chi connectivity index (χ2v) is 10.6. The first-order valence-corrected chi connectivity index (χ1v) is 12.7. The predicted octanol–water partition coefficient (Wildman–Crippen LogP) is 3.79. The van der Waals surface area contributed by atoms with Crippen molar-refractivity contribution in [1.82, 2.24) is 30.3 Å². The number of nitrogens with two attached hydrogens (primary N) is 1. The van der Waals surface area contributed by atoms with Crippen molar-refractivity contribution in [1.29, 1.82) is 0 Å². The maximum Gasteiger partial charge on any atom is 0.407 e. The lowest BCUT2D eigenvalue weighted by Gasteiger charge is -2.29. The number of hydrogen-bond acceptors (Lipinski definition) is 10. The van der Waals surface area contributed by atoms with E-state index in [-0.39, 0.29) is 29.0 Å². The Balaban J connectivity index is 1.93. The quantitative estimate of drug-likeness (QED) is 0.272. The van der Waals surface area contributed by atoms with Crippen molar-refractivity contribution in [2.45, 2.75) is 65.6 Å². The number of halogens is 1. The summed E-state index contributed by atoms with van der Waals surface area (Å²) in [5.41, 5.74) is 5.56. The third kappa shape index (κ3) is 8.01. The number of nitrogens with zero attached hydrogens (tertiary/aromatic N) is 5. The number of alkyl carbamates (subject to hydrolysis) is 1. The molecule has 0 aliphatic carbocycles. The Kier molecular flexibility index (Phi) is 9.45. The summed E-state index contributed by atoms with van der Waals surface area (Å²) in [6, 6.07) is 1.77. The SMILES string of the molecule is COc1ncc(Nc2nc(N[C@H](CC(C)C)[C@H](C)NC(=O)OC(C)(C)C)c(F)cc2C(N)=O)cc1-n1ccnn1. The Morgan fingerprint density at radius 1 is 1.18 bits per heavy atom. The summed E-state index contributed by atoms with van der Waals surface area (Å²) >= 11 is 0. The number of amides is 2. The average Bonchev–Trinajstić information content (AvgIpc) is 3.38. The molecule has 13 nitrogen and oxygen atoms in total. The Labute approximate surface area is 232 Å². The predicted molar refractivity (Wildman–Crippen MR) is 147 cm³/mol. The normalized spacial score (nSPS) is 12.9. The maximum absolute atomic E-state index is 15.2. The molecule has 3 aromatic heterocycles. The number of anilines is 3. The molecule has 0 saturated heterocycles. The highest BCUT2D eigenvalue weighted by atomic mass is 19.1. The van der Waals surface area contributed by atoms with Crippen molar-refractivity contribution in [2.24, 2.45) is 11.7 Å². The van der Waals surface area contributed by atoms with Crippen molar-refractivity contribution in [3.63, 3.8) is 0 Å². The minimum atomic E-state index is -0.878. The van der Waals surface area contributed by atoms with Crippen LogP contribution in [0.15, 0.2) is 30.7 Å². The average molecular weight is 558 g/mol. The smallest absolute Gasteiger partial charge is 0.407 e. The van der Waals surface area contributed by atoms with Crippen molar-refractivity contribution in [3.8, 4) is 11.6 Å². The highest BCUT2D eigenvalue weighted by molar-refractivity contribution is 5.98. The summed E-state index contributed by atoms with van der Waals surface area (Å²) < 4.78 is 27.3. The number of carbonyl (C=O) groups is 2. The summed E-state index contributed by atoms with van der Waals surface area (Å²) in [4.78, 5) is 33.2. The highest BCUT2D eigenvalue weighted by Gasteiger charge is 2.26. The topological polar surface area (TPSA) is 171 Å². The van der Waals surface area contributed by atoms with E-state index in [0.717, 1.165) is 6.07 Å². The molecule has 5 N–H and O–H groups in total. The van der Waals surface area contributed by atoms with E-state index in [9.17, 15) is 9.59 Å². The molecular formula is C26H36FN9O4. The number of carbonyl (C=O) groups excluding carboxylic acids is 2. The van der Waals surface area contributed by atoms with E-state index in [1.807, 2.05) is 13.8 Å². The first kappa shape index (κ1) is 30.1. The molecule has 0 radical (unpaired) electrons. The molecule has 216 valence electrons. The minimum Gasteiger partial charge on any atom is -0.479 e. The Morgan fingerprint density at radius 2 is 1.90 bits per heavy atom. The lowest BCUT2D eigenvalue weighted by atomic mass is 9.98. The van der Waals surface area contributed by atoms with Crippen LogP contribution in [0.3, 0.4) is 0 Å². The number of aromatic nitrogens is 5. The van der Waals surface area contributed by atoms with Gasteiger partial charge in [-0.25, -0.2) is 23.8 Å². The van der Waals surface area contributed by atoms with Crippen molar-refractivity contribution < 1.29 is 23.5 Å². The van der Waals surface area contributed by atoms with Gasteiger partial charge in [0.2, 0.25) is 5.88 Å². The molecule has 2 atom stereocenters. The molecule has 0 unspecified atom stereocenters. The fraction of sp³-hybridized carbons (Fsp3) is 0.462. The van der Waals surface area contributed by atoms with Crippen LogP contribution in [0, 0.1) is 11.7 Å². The van der Waals surface area contributed by atoms with Gasteiger partial charge in [-0.3, -0.25) is 4.79 Å². The van der Waals surface area contributed by atoms with Crippen molar-refractivity contribution >= 4 is 29.3 Å². The van der Waals surface area contributed by atoms with Gasteiger partial charge in [-0.15, -0.1) is 5.10 Å². The highest BCUT2D eigenvalue weighted by Crippen LogP contribution is 2.28. The second kappa shape index (κ2) is 12.6. The molecule has 0 fully saturated rings. The second-order valence-electron chi connectivity index (χ2n) is 10.6. The van der Waals surface area contributed by atoms with Crippen LogP contribution in [-0.4, -0.2) is 61.8 Å². The fourth-order valence-electron chi connectivity index (χ4n) is 3.84. The van der Waals surface area contributed by atoms with Gasteiger partial charge in [-0.1, -0.05) is 19.1 Å². The summed E-state index contributed by atoms with van der Waals surface area (Å²) in [6.07, 6.45) is 4.54. The van der Waals surface area contributed by atoms with Gasteiger partial charge in [-0.05, 0) is 52.2 Å². The van der Waals surface area contributed by atoms with Crippen LogP contribution in [0.5, 0.6) is 5.88 Å². The van der Waals surface area contributed by atoms with E-state index in [1.165, 1.54) is 24.2 Å². The molecule has 3 rings (SSSR count). The standard InChI is InChI=1S/C26H36FN9O4/c1-14(2)10-19(15(3)31-25(38)40-26(4,5)6)33-23-18(27)12-17(21(28)37)22(34-23)32-16-11-20(24(39-7)29-13-16)36-9-8-30-35-36/h8-9,11-15,19H,10H2,1-7H3,(H2,28,37)(H,31,38)(H2,32,33,34)/t15-,19+/m0/s1. The molecule has 0 aromatic carbocycles. The van der Waals surface area contributed by atoms with Gasteiger partial charge in [0.1, 0.15) is 17.1 Å². The van der Waals surface area contributed by atoms with E-state index >= 15 is 4.39 Å². The fourth-order valence-corrected chi connectivity index (χ4v) is 3.84. The van der Waals surface area contributed by atoms with Crippen LogP contribution in [0.25, 0.3) is 5.69 Å². The summed E-state index contributed by atoms with van der Waals surface area (Å²) in [7, 11) is 1.47. The monoisotopic (exact) mass is 557 g/mol. The lowest BCUT2D eigenvalue weighted by Crippen LogP contribution is -2.47. The molecule has 3 heterocycles. The summed E-state index contributed by atoms with van der Waals surface area (Å²) in [6.45, 7) is 11.1. The molecule has 3 aromatic rings. The third-order valence-electron chi connectivity index (χ3n) is 5.59. The van der Waals surface area contributed by atoms with Crippen LogP contribution >= 0.6 is 0 Å². The van der Waals surface area contributed by atoms with Crippen LogP contribution < -0.4 is 26.4 Å². The van der Waals surface area contributed by atoms with E-state index in [4.69, 9.17) is 15.2 Å². The largest absolute Gasteiger partial charge is 0.479 e. The number of ether oxygens (including phenoxy) is 2. The molecule has 0 bridgehead atoms. The van der Waals surface area contributed by atoms with Gasteiger partial charge in [0.15, 0.2) is 11.6 Å². The zero-order valence-corrected chi connectivity index (χ0v) is 23.7. The minimum absolute atomic E-state index is 0.00367.